The van der Waals surface area contributed by atoms with E-state index in [9.17, 15) is 13.2 Å². The molecule has 7 heteroatoms. The quantitative estimate of drug-likeness (QED) is 0.847. The van der Waals surface area contributed by atoms with E-state index in [1.54, 1.807) is 0 Å². The first-order valence-corrected chi connectivity index (χ1v) is 7.53. The Bertz CT molecular complexity index is 563. The van der Waals surface area contributed by atoms with E-state index in [-0.39, 0.29) is 22.9 Å². The first-order chi connectivity index (χ1) is 8.96. The van der Waals surface area contributed by atoms with Crippen LogP contribution in [0.15, 0.2) is 24.3 Å². The summed E-state index contributed by atoms with van der Waals surface area (Å²) in [6.45, 7) is 1.05. The predicted octanol–water partition coefficient (Wildman–Crippen LogP) is 1.16. The standard InChI is InChI=1S/C12H15NO5S/c14-12(15)10-2-1-3-11(6-10)13-19(16,17)8-9-4-5-18-7-9/h1-3,6,9,13H,4-5,7-8H2,(H,14,15). The van der Waals surface area contributed by atoms with Crippen molar-refractivity contribution in [1.82, 2.24) is 0 Å². The molecule has 1 aromatic carbocycles. The number of rotatable bonds is 5. The third-order valence-electron chi connectivity index (χ3n) is 2.86. The highest BCUT2D eigenvalue weighted by atomic mass is 32.2. The first kappa shape index (κ1) is 13.8. The molecule has 19 heavy (non-hydrogen) atoms. The van der Waals surface area contributed by atoms with Crippen molar-refractivity contribution in [3.63, 3.8) is 0 Å². The van der Waals surface area contributed by atoms with Crippen molar-refractivity contribution < 1.29 is 23.1 Å². The maximum Gasteiger partial charge on any atom is 0.335 e. The Morgan fingerprint density at radius 1 is 1.47 bits per heavy atom. The molecule has 1 heterocycles. The number of carbonyl (C=O) groups is 1. The largest absolute Gasteiger partial charge is 0.478 e. The molecular formula is C12H15NO5S. The van der Waals surface area contributed by atoms with Crippen LogP contribution in [-0.4, -0.2) is 38.5 Å². The number of nitrogens with one attached hydrogen (secondary N) is 1. The van der Waals surface area contributed by atoms with Crippen molar-refractivity contribution in [1.29, 1.82) is 0 Å². The van der Waals surface area contributed by atoms with Crippen molar-refractivity contribution in [3.8, 4) is 0 Å². The maximum atomic E-state index is 11.9. The molecule has 1 aliphatic rings. The minimum Gasteiger partial charge on any atom is -0.478 e. The average molecular weight is 285 g/mol. The molecule has 1 unspecified atom stereocenters. The third kappa shape index (κ3) is 3.93. The molecule has 1 aromatic rings. The number of hydrogen-bond donors (Lipinski definition) is 2. The first-order valence-electron chi connectivity index (χ1n) is 5.88. The van der Waals surface area contributed by atoms with Crippen LogP contribution in [-0.2, 0) is 14.8 Å². The van der Waals surface area contributed by atoms with Gasteiger partial charge in [0.2, 0.25) is 10.0 Å². The Balaban J connectivity index is 2.06. The normalized spacial score (nSPS) is 19.3. The van der Waals surface area contributed by atoms with Gasteiger partial charge in [-0.15, -0.1) is 0 Å². The summed E-state index contributed by atoms with van der Waals surface area (Å²) in [6.07, 6.45) is 0.732. The molecule has 6 nitrogen and oxygen atoms in total. The fraction of sp³-hybridized carbons (Fsp3) is 0.417. The SMILES string of the molecule is O=C(O)c1cccc(NS(=O)(=O)CC2CCOC2)c1. The smallest absolute Gasteiger partial charge is 0.335 e. The maximum absolute atomic E-state index is 11.9. The number of carboxylic acids is 1. The minimum atomic E-state index is -3.48. The molecule has 1 atom stereocenters. The second kappa shape index (κ2) is 5.58. The molecule has 0 saturated carbocycles. The van der Waals surface area contributed by atoms with Gasteiger partial charge >= 0.3 is 5.97 Å². The van der Waals surface area contributed by atoms with Crippen molar-refractivity contribution in [2.24, 2.45) is 5.92 Å². The van der Waals surface area contributed by atoms with Gasteiger partial charge in [0.25, 0.3) is 0 Å². The summed E-state index contributed by atoms with van der Waals surface area (Å²) in [5.41, 5.74) is 0.309. The highest BCUT2D eigenvalue weighted by molar-refractivity contribution is 7.92. The lowest BCUT2D eigenvalue weighted by Gasteiger charge is -2.11. The van der Waals surface area contributed by atoms with E-state index in [1.165, 1.54) is 24.3 Å². The molecule has 104 valence electrons. The van der Waals surface area contributed by atoms with Crippen LogP contribution in [0.1, 0.15) is 16.8 Å². The molecule has 2 N–H and O–H groups in total. The van der Waals surface area contributed by atoms with Crippen molar-refractivity contribution >= 4 is 21.7 Å². The number of benzene rings is 1. The number of ether oxygens (including phenoxy) is 1. The van der Waals surface area contributed by atoms with E-state index >= 15 is 0 Å². The zero-order valence-electron chi connectivity index (χ0n) is 10.2. The zero-order valence-corrected chi connectivity index (χ0v) is 11.0. The molecule has 0 aliphatic carbocycles. The Morgan fingerprint density at radius 2 is 2.26 bits per heavy atom. The number of carboxylic acid groups (broad SMARTS) is 1. The van der Waals surface area contributed by atoms with Crippen LogP contribution < -0.4 is 4.72 Å². The van der Waals surface area contributed by atoms with E-state index in [1.807, 2.05) is 0 Å². The molecule has 1 fully saturated rings. The zero-order chi connectivity index (χ0) is 13.9. The monoisotopic (exact) mass is 285 g/mol. The van der Waals surface area contributed by atoms with Crippen LogP contribution in [0.5, 0.6) is 0 Å². The molecule has 0 spiro atoms. The lowest BCUT2D eigenvalue weighted by atomic mass is 10.2. The Labute approximate surface area is 111 Å². The van der Waals surface area contributed by atoms with Crippen LogP contribution in [0.3, 0.4) is 0 Å². The number of sulfonamides is 1. The number of anilines is 1. The van der Waals surface area contributed by atoms with Gasteiger partial charge < -0.3 is 9.84 Å². The third-order valence-corrected chi connectivity index (χ3v) is 4.32. The second-order valence-electron chi connectivity index (χ2n) is 4.50. The number of aromatic carboxylic acids is 1. The second-order valence-corrected chi connectivity index (χ2v) is 6.27. The summed E-state index contributed by atoms with van der Waals surface area (Å²) in [5, 5.41) is 8.84. The molecular weight excluding hydrogens is 270 g/mol. The topological polar surface area (TPSA) is 92.7 Å². The van der Waals surface area contributed by atoms with E-state index in [2.05, 4.69) is 4.72 Å². The highest BCUT2D eigenvalue weighted by Gasteiger charge is 2.23. The average Bonchev–Trinajstić information content (AvgIpc) is 2.80. The van der Waals surface area contributed by atoms with Crippen LogP contribution in [0.2, 0.25) is 0 Å². The van der Waals surface area contributed by atoms with Gasteiger partial charge in [0, 0.05) is 18.2 Å². The summed E-state index contributed by atoms with van der Waals surface area (Å²) < 4.78 is 31.4. The Kier molecular flexibility index (Phi) is 4.06. The lowest BCUT2D eigenvalue weighted by molar-refractivity contribution is 0.0697. The van der Waals surface area contributed by atoms with E-state index in [4.69, 9.17) is 9.84 Å². The van der Waals surface area contributed by atoms with Gasteiger partial charge in [-0.2, -0.15) is 0 Å². The van der Waals surface area contributed by atoms with E-state index in [0.29, 0.717) is 13.2 Å². The summed E-state index contributed by atoms with van der Waals surface area (Å²) >= 11 is 0. The Morgan fingerprint density at radius 3 is 2.89 bits per heavy atom. The fourth-order valence-corrected chi connectivity index (χ4v) is 3.41. The Hall–Kier alpha value is -1.60. The van der Waals surface area contributed by atoms with Gasteiger partial charge in [0.1, 0.15) is 0 Å². The summed E-state index contributed by atoms with van der Waals surface area (Å²) in [6, 6.07) is 5.73. The number of hydrogen-bond acceptors (Lipinski definition) is 4. The molecule has 2 rings (SSSR count). The van der Waals surface area contributed by atoms with Crippen LogP contribution in [0, 0.1) is 5.92 Å². The van der Waals surface area contributed by atoms with Gasteiger partial charge in [0.15, 0.2) is 0 Å². The molecule has 0 bridgehead atoms. The van der Waals surface area contributed by atoms with Gasteiger partial charge in [-0.3, -0.25) is 4.72 Å². The highest BCUT2D eigenvalue weighted by Crippen LogP contribution is 2.17. The van der Waals surface area contributed by atoms with Gasteiger partial charge in [-0.05, 0) is 24.6 Å². The van der Waals surface area contributed by atoms with Gasteiger partial charge in [-0.25, -0.2) is 13.2 Å². The van der Waals surface area contributed by atoms with Crippen molar-refractivity contribution in [3.05, 3.63) is 29.8 Å². The lowest BCUT2D eigenvalue weighted by Crippen LogP contribution is -2.23. The fourth-order valence-electron chi connectivity index (χ4n) is 1.96. The van der Waals surface area contributed by atoms with Crippen molar-refractivity contribution in [2.75, 3.05) is 23.7 Å². The molecule has 0 amide bonds. The molecule has 1 saturated heterocycles. The minimum absolute atomic E-state index is 0.000145. The summed E-state index contributed by atoms with van der Waals surface area (Å²) in [4.78, 5) is 10.8. The van der Waals surface area contributed by atoms with Crippen LogP contribution in [0.25, 0.3) is 0 Å². The predicted molar refractivity (Wildman–Crippen MR) is 69.7 cm³/mol. The molecule has 0 aromatic heterocycles. The van der Waals surface area contributed by atoms with E-state index < -0.39 is 16.0 Å². The van der Waals surface area contributed by atoms with Gasteiger partial charge in [0.05, 0.1) is 17.9 Å². The van der Waals surface area contributed by atoms with Gasteiger partial charge in [-0.1, -0.05) is 6.07 Å². The van der Waals surface area contributed by atoms with Crippen LogP contribution >= 0.6 is 0 Å². The molecule has 0 radical (unpaired) electrons. The van der Waals surface area contributed by atoms with E-state index in [0.717, 1.165) is 6.42 Å². The summed E-state index contributed by atoms with van der Waals surface area (Å²) in [7, 11) is -3.48. The van der Waals surface area contributed by atoms with Crippen molar-refractivity contribution in [2.45, 2.75) is 6.42 Å². The van der Waals surface area contributed by atoms with Crippen LogP contribution in [0.4, 0.5) is 5.69 Å². The summed E-state index contributed by atoms with van der Waals surface area (Å²) in [5.74, 6) is -1.10. The molecule has 1 aliphatic heterocycles.